The third-order valence-corrected chi connectivity index (χ3v) is 3.89. The fraction of sp³-hybridized carbons (Fsp3) is 0.0769. The van der Waals surface area contributed by atoms with E-state index in [2.05, 4.69) is 0 Å². The van der Waals surface area contributed by atoms with Crippen molar-refractivity contribution >= 4 is 9.84 Å². The van der Waals surface area contributed by atoms with Gasteiger partial charge in [0.15, 0.2) is 0 Å². The summed E-state index contributed by atoms with van der Waals surface area (Å²) in [5, 5.41) is 0. The van der Waals surface area contributed by atoms with Crippen molar-refractivity contribution in [3.05, 3.63) is 60.7 Å². The maximum absolute atomic E-state index is 12.0. The molecule has 0 atom stereocenters. The highest BCUT2D eigenvalue weighted by molar-refractivity contribution is 7.91. The Bertz CT molecular complexity index is 485. The fourth-order valence-corrected chi connectivity index (χ4v) is 2.64. The van der Waals surface area contributed by atoms with Gasteiger partial charge in [0.05, 0.1) is 9.79 Å². The van der Waals surface area contributed by atoms with E-state index in [4.69, 9.17) is 0 Å². The van der Waals surface area contributed by atoms with Gasteiger partial charge in [0.2, 0.25) is 9.84 Å². The van der Waals surface area contributed by atoms with Gasteiger partial charge in [-0.05, 0) is 24.3 Å². The first-order chi connectivity index (χ1) is 7.21. The quantitative estimate of drug-likeness (QED) is 0.800. The minimum absolute atomic E-state index is 0. The molecule has 0 aliphatic carbocycles. The van der Waals surface area contributed by atoms with Crippen LogP contribution in [0, 0.1) is 0 Å². The summed E-state index contributed by atoms with van der Waals surface area (Å²) in [4.78, 5) is 0.660. The van der Waals surface area contributed by atoms with E-state index in [-0.39, 0.29) is 7.43 Å². The number of hydrogen-bond donors (Lipinski definition) is 0. The zero-order chi connectivity index (χ0) is 10.7. The summed E-state index contributed by atoms with van der Waals surface area (Å²) in [6.45, 7) is 0. The molecule has 0 N–H and O–H groups in total. The van der Waals surface area contributed by atoms with E-state index < -0.39 is 9.84 Å². The van der Waals surface area contributed by atoms with E-state index in [9.17, 15) is 8.42 Å². The van der Waals surface area contributed by atoms with E-state index >= 15 is 0 Å². The average molecular weight is 234 g/mol. The number of benzene rings is 2. The Morgan fingerprint density at radius 2 is 0.938 bits per heavy atom. The van der Waals surface area contributed by atoms with Gasteiger partial charge in [-0.15, -0.1) is 0 Å². The SMILES string of the molecule is C.O=S(=O)(c1ccccc1)c1ccccc1. The van der Waals surface area contributed by atoms with Gasteiger partial charge in [-0.2, -0.15) is 0 Å². The molecule has 0 radical (unpaired) electrons. The largest absolute Gasteiger partial charge is 0.219 e. The first-order valence-corrected chi connectivity index (χ1v) is 6.05. The van der Waals surface area contributed by atoms with E-state index in [1.165, 1.54) is 0 Å². The highest BCUT2D eigenvalue weighted by atomic mass is 32.2. The summed E-state index contributed by atoms with van der Waals surface area (Å²) in [5.74, 6) is 0. The Hall–Kier alpha value is -1.61. The molecule has 0 saturated carbocycles. The lowest BCUT2D eigenvalue weighted by molar-refractivity contribution is 0.596. The van der Waals surface area contributed by atoms with Gasteiger partial charge in [-0.3, -0.25) is 0 Å². The highest BCUT2D eigenvalue weighted by Crippen LogP contribution is 2.19. The van der Waals surface area contributed by atoms with E-state index in [1.54, 1.807) is 60.7 Å². The van der Waals surface area contributed by atoms with Crippen molar-refractivity contribution in [1.82, 2.24) is 0 Å². The standard InChI is InChI=1S/C12H10O2S.CH4/c13-15(14,11-7-3-1-4-8-11)12-9-5-2-6-10-12;/h1-10H;1H4. The van der Waals surface area contributed by atoms with Crippen LogP contribution in [0.1, 0.15) is 7.43 Å². The van der Waals surface area contributed by atoms with Gasteiger partial charge < -0.3 is 0 Å². The van der Waals surface area contributed by atoms with Crippen molar-refractivity contribution in [2.75, 3.05) is 0 Å². The van der Waals surface area contributed by atoms with E-state index in [0.29, 0.717) is 9.79 Å². The van der Waals surface area contributed by atoms with Gasteiger partial charge >= 0.3 is 0 Å². The molecule has 16 heavy (non-hydrogen) atoms. The van der Waals surface area contributed by atoms with E-state index in [1.807, 2.05) is 0 Å². The van der Waals surface area contributed by atoms with Crippen LogP contribution in [0.25, 0.3) is 0 Å². The Morgan fingerprint density at radius 3 is 1.25 bits per heavy atom. The molecular formula is C13H14O2S. The smallest absolute Gasteiger partial charge is 0.206 e. The second-order valence-electron chi connectivity index (χ2n) is 3.13. The molecular weight excluding hydrogens is 220 g/mol. The summed E-state index contributed by atoms with van der Waals surface area (Å²) in [6, 6.07) is 16.9. The topological polar surface area (TPSA) is 34.1 Å². The minimum atomic E-state index is -3.34. The van der Waals surface area contributed by atoms with Crippen molar-refractivity contribution in [1.29, 1.82) is 0 Å². The molecule has 0 spiro atoms. The summed E-state index contributed by atoms with van der Waals surface area (Å²) in [7, 11) is -3.34. The van der Waals surface area contributed by atoms with Crippen molar-refractivity contribution in [2.45, 2.75) is 17.2 Å². The second kappa shape index (κ2) is 4.94. The molecule has 2 rings (SSSR count). The lowest BCUT2D eigenvalue weighted by atomic mass is 10.4. The Balaban J connectivity index is 0.00000128. The average Bonchev–Trinajstić information content (AvgIpc) is 2.31. The normalized spacial score (nSPS) is 10.5. The molecule has 0 saturated heterocycles. The second-order valence-corrected chi connectivity index (χ2v) is 5.08. The molecule has 0 heterocycles. The third kappa shape index (κ3) is 2.31. The molecule has 2 aromatic carbocycles. The molecule has 0 aromatic heterocycles. The van der Waals surface area contributed by atoms with Gasteiger partial charge in [0, 0.05) is 0 Å². The maximum Gasteiger partial charge on any atom is 0.206 e. The van der Waals surface area contributed by atoms with Crippen molar-refractivity contribution in [3.8, 4) is 0 Å². The van der Waals surface area contributed by atoms with E-state index in [0.717, 1.165) is 0 Å². The molecule has 2 aromatic rings. The summed E-state index contributed by atoms with van der Waals surface area (Å²) in [5.41, 5.74) is 0. The van der Waals surface area contributed by atoms with Crippen LogP contribution in [0.4, 0.5) is 0 Å². The summed E-state index contributed by atoms with van der Waals surface area (Å²) >= 11 is 0. The predicted octanol–water partition coefficient (Wildman–Crippen LogP) is 3.16. The molecule has 84 valence electrons. The molecule has 0 aliphatic rings. The lowest BCUT2D eigenvalue weighted by Crippen LogP contribution is -2.00. The van der Waals surface area contributed by atoms with Gasteiger partial charge in [0.1, 0.15) is 0 Å². The van der Waals surface area contributed by atoms with Crippen LogP contribution in [0.15, 0.2) is 70.5 Å². The zero-order valence-electron chi connectivity index (χ0n) is 8.00. The Kier molecular flexibility index (Phi) is 3.85. The molecule has 2 nitrogen and oxygen atoms in total. The first kappa shape index (κ1) is 12.5. The number of hydrogen-bond acceptors (Lipinski definition) is 2. The van der Waals surface area contributed by atoms with Gasteiger partial charge in [-0.1, -0.05) is 43.8 Å². The molecule has 3 heteroatoms. The van der Waals surface area contributed by atoms with Crippen LogP contribution < -0.4 is 0 Å². The summed E-state index contributed by atoms with van der Waals surface area (Å²) in [6.07, 6.45) is 0. The van der Waals surface area contributed by atoms with Crippen molar-refractivity contribution in [2.24, 2.45) is 0 Å². The number of rotatable bonds is 2. The first-order valence-electron chi connectivity index (χ1n) is 4.56. The highest BCUT2D eigenvalue weighted by Gasteiger charge is 2.15. The molecule has 0 bridgehead atoms. The summed E-state index contributed by atoms with van der Waals surface area (Å²) < 4.78 is 24.1. The van der Waals surface area contributed by atoms with Crippen LogP contribution in [0.5, 0.6) is 0 Å². The van der Waals surface area contributed by atoms with Crippen molar-refractivity contribution < 1.29 is 8.42 Å². The zero-order valence-corrected chi connectivity index (χ0v) is 8.81. The number of sulfone groups is 1. The monoisotopic (exact) mass is 234 g/mol. The predicted molar refractivity (Wildman–Crippen MR) is 65.1 cm³/mol. The van der Waals surface area contributed by atoms with Crippen molar-refractivity contribution in [3.63, 3.8) is 0 Å². The Morgan fingerprint density at radius 1 is 0.625 bits per heavy atom. The maximum atomic E-state index is 12.0. The lowest BCUT2D eigenvalue weighted by Gasteiger charge is -2.03. The van der Waals surface area contributed by atoms with Crippen LogP contribution in [0.3, 0.4) is 0 Å². The fourth-order valence-electron chi connectivity index (χ4n) is 1.34. The van der Waals surface area contributed by atoms with Crippen LogP contribution in [-0.2, 0) is 9.84 Å². The molecule has 0 amide bonds. The third-order valence-electron chi connectivity index (χ3n) is 2.11. The molecule has 0 fully saturated rings. The minimum Gasteiger partial charge on any atom is -0.219 e. The van der Waals surface area contributed by atoms with Gasteiger partial charge in [-0.25, -0.2) is 8.42 Å². The molecule has 0 aliphatic heterocycles. The Labute approximate surface area is 96.5 Å². The molecule has 0 unspecified atom stereocenters. The van der Waals surface area contributed by atoms with Crippen LogP contribution in [0.2, 0.25) is 0 Å². The van der Waals surface area contributed by atoms with Gasteiger partial charge in [0.25, 0.3) is 0 Å². The van der Waals surface area contributed by atoms with Crippen LogP contribution in [-0.4, -0.2) is 8.42 Å². The van der Waals surface area contributed by atoms with Crippen LogP contribution >= 0.6 is 0 Å².